The highest BCUT2D eigenvalue weighted by Gasteiger charge is 2.27. The van der Waals surface area contributed by atoms with Crippen LogP contribution in [0.2, 0.25) is 0 Å². The number of para-hydroxylation sites is 1. The molecular weight excluding hydrogens is 378 g/mol. The Bertz CT molecular complexity index is 1100. The van der Waals surface area contributed by atoms with Crippen molar-refractivity contribution in [1.29, 1.82) is 0 Å². The van der Waals surface area contributed by atoms with Gasteiger partial charge in [-0.1, -0.05) is 18.2 Å². The van der Waals surface area contributed by atoms with E-state index in [0.717, 1.165) is 17.1 Å². The van der Waals surface area contributed by atoms with Crippen molar-refractivity contribution in [2.24, 2.45) is 0 Å². The summed E-state index contributed by atoms with van der Waals surface area (Å²) in [6.45, 7) is 3.89. The Hall–Kier alpha value is -3.67. The molecule has 1 aromatic heterocycles. The van der Waals surface area contributed by atoms with Crippen LogP contribution < -0.4 is 10.2 Å². The first kappa shape index (κ1) is 19.6. The second kappa shape index (κ2) is 7.99. The summed E-state index contributed by atoms with van der Waals surface area (Å²) >= 11 is 0. The van der Waals surface area contributed by atoms with E-state index in [9.17, 15) is 14.4 Å². The summed E-state index contributed by atoms with van der Waals surface area (Å²) in [7, 11) is 0. The van der Waals surface area contributed by atoms with Crippen molar-refractivity contribution in [1.82, 2.24) is 4.57 Å². The summed E-state index contributed by atoms with van der Waals surface area (Å²) in [4.78, 5) is 38.3. The minimum absolute atomic E-state index is 0.184. The van der Waals surface area contributed by atoms with E-state index in [1.54, 1.807) is 24.3 Å². The predicted molar refractivity (Wildman–Crippen MR) is 116 cm³/mol. The van der Waals surface area contributed by atoms with Gasteiger partial charge in [-0.3, -0.25) is 19.3 Å². The number of carbonyl (C=O) groups is 3. The van der Waals surface area contributed by atoms with Crippen LogP contribution in [0.4, 0.5) is 11.4 Å². The summed E-state index contributed by atoms with van der Waals surface area (Å²) in [6, 6.07) is 18.6. The SMILES string of the molecule is Cc1cc(C(=O)Nc2ccc(N3C(=O)CCCC3=O)cc2)c(C)n1-c1ccccc1. The van der Waals surface area contributed by atoms with Gasteiger partial charge in [0, 0.05) is 35.6 Å². The van der Waals surface area contributed by atoms with Crippen molar-refractivity contribution in [2.75, 3.05) is 10.2 Å². The minimum atomic E-state index is -0.205. The standard InChI is InChI=1S/C24H23N3O3/c1-16-15-21(17(2)26(16)19-7-4-3-5-8-19)24(30)25-18-11-13-20(14-12-18)27-22(28)9-6-10-23(27)29/h3-5,7-8,11-15H,6,9-10H2,1-2H3,(H,25,30). The van der Waals surface area contributed by atoms with E-state index in [1.165, 1.54) is 4.90 Å². The van der Waals surface area contributed by atoms with E-state index in [2.05, 4.69) is 5.32 Å². The number of rotatable bonds is 4. The quantitative estimate of drug-likeness (QED) is 0.659. The van der Waals surface area contributed by atoms with Crippen LogP contribution in [0.3, 0.4) is 0 Å². The molecule has 4 rings (SSSR count). The molecule has 1 saturated heterocycles. The molecule has 0 bridgehead atoms. The average Bonchev–Trinajstić information content (AvgIpc) is 3.04. The molecule has 1 aliphatic rings. The molecule has 152 valence electrons. The molecule has 30 heavy (non-hydrogen) atoms. The first-order valence-electron chi connectivity index (χ1n) is 9.97. The lowest BCUT2D eigenvalue weighted by molar-refractivity contribution is -0.129. The van der Waals surface area contributed by atoms with Gasteiger partial charge in [-0.2, -0.15) is 0 Å². The maximum Gasteiger partial charge on any atom is 0.257 e. The molecule has 6 heteroatoms. The summed E-state index contributed by atoms with van der Waals surface area (Å²) < 4.78 is 2.05. The zero-order chi connectivity index (χ0) is 21.3. The number of carbonyl (C=O) groups excluding carboxylic acids is 3. The molecule has 1 N–H and O–H groups in total. The Morgan fingerprint density at radius 2 is 1.50 bits per heavy atom. The Balaban J connectivity index is 1.54. The highest BCUT2D eigenvalue weighted by Crippen LogP contribution is 2.25. The van der Waals surface area contributed by atoms with Gasteiger partial charge in [-0.05, 0) is 62.7 Å². The number of aromatic nitrogens is 1. The number of anilines is 2. The van der Waals surface area contributed by atoms with E-state index >= 15 is 0 Å². The highest BCUT2D eigenvalue weighted by molar-refractivity contribution is 6.16. The molecule has 0 unspecified atom stereocenters. The van der Waals surface area contributed by atoms with Crippen LogP contribution in [0.1, 0.15) is 41.0 Å². The molecular formula is C24H23N3O3. The molecule has 0 aliphatic carbocycles. The smallest absolute Gasteiger partial charge is 0.257 e. The van der Waals surface area contributed by atoms with Crippen molar-refractivity contribution in [3.8, 4) is 5.69 Å². The van der Waals surface area contributed by atoms with Gasteiger partial charge in [0.2, 0.25) is 11.8 Å². The van der Waals surface area contributed by atoms with Gasteiger partial charge in [0.05, 0.1) is 11.3 Å². The number of hydrogen-bond donors (Lipinski definition) is 1. The number of aryl methyl sites for hydroxylation is 1. The van der Waals surface area contributed by atoms with Crippen LogP contribution in [0, 0.1) is 13.8 Å². The van der Waals surface area contributed by atoms with Gasteiger partial charge in [-0.15, -0.1) is 0 Å². The Labute approximate surface area is 175 Å². The monoisotopic (exact) mass is 401 g/mol. The Morgan fingerprint density at radius 1 is 0.867 bits per heavy atom. The molecule has 1 fully saturated rings. The van der Waals surface area contributed by atoms with Gasteiger partial charge < -0.3 is 9.88 Å². The van der Waals surface area contributed by atoms with Crippen LogP contribution in [0.25, 0.3) is 5.69 Å². The zero-order valence-electron chi connectivity index (χ0n) is 17.0. The van der Waals surface area contributed by atoms with Crippen LogP contribution in [0.15, 0.2) is 60.7 Å². The molecule has 0 atom stereocenters. The number of nitrogens with zero attached hydrogens (tertiary/aromatic N) is 2. The normalized spacial score (nSPS) is 14.1. The molecule has 0 radical (unpaired) electrons. The fraction of sp³-hybridized carbons (Fsp3) is 0.208. The molecule has 0 spiro atoms. The average molecular weight is 401 g/mol. The molecule has 3 aromatic rings. The van der Waals surface area contributed by atoms with Gasteiger partial charge in [0.25, 0.3) is 5.91 Å². The maximum atomic E-state index is 12.9. The van der Waals surface area contributed by atoms with Crippen molar-refractivity contribution < 1.29 is 14.4 Å². The Kier molecular flexibility index (Phi) is 5.23. The first-order valence-corrected chi connectivity index (χ1v) is 9.97. The van der Waals surface area contributed by atoms with Crippen molar-refractivity contribution in [2.45, 2.75) is 33.1 Å². The van der Waals surface area contributed by atoms with E-state index in [-0.39, 0.29) is 17.7 Å². The fourth-order valence-corrected chi connectivity index (χ4v) is 3.90. The van der Waals surface area contributed by atoms with Crippen LogP contribution in [-0.4, -0.2) is 22.3 Å². The molecule has 3 amide bonds. The van der Waals surface area contributed by atoms with Crippen molar-refractivity contribution >= 4 is 29.1 Å². The van der Waals surface area contributed by atoms with Crippen LogP contribution >= 0.6 is 0 Å². The van der Waals surface area contributed by atoms with E-state index in [1.807, 2.05) is 54.8 Å². The number of amides is 3. The van der Waals surface area contributed by atoms with Gasteiger partial charge in [0.15, 0.2) is 0 Å². The van der Waals surface area contributed by atoms with Crippen molar-refractivity contribution in [3.05, 3.63) is 77.6 Å². The van der Waals surface area contributed by atoms with Crippen LogP contribution in [0.5, 0.6) is 0 Å². The number of nitrogens with one attached hydrogen (secondary N) is 1. The lowest BCUT2D eigenvalue weighted by atomic mass is 10.1. The van der Waals surface area contributed by atoms with Crippen molar-refractivity contribution in [3.63, 3.8) is 0 Å². The maximum absolute atomic E-state index is 12.9. The highest BCUT2D eigenvalue weighted by atomic mass is 16.2. The third-order valence-corrected chi connectivity index (χ3v) is 5.35. The van der Waals surface area contributed by atoms with Gasteiger partial charge in [-0.25, -0.2) is 0 Å². The fourth-order valence-electron chi connectivity index (χ4n) is 3.90. The van der Waals surface area contributed by atoms with Crippen LogP contribution in [-0.2, 0) is 9.59 Å². The summed E-state index contributed by atoms with van der Waals surface area (Å²) in [5, 5.41) is 2.90. The second-order valence-corrected chi connectivity index (χ2v) is 7.43. The largest absolute Gasteiger partial charge is 0.322 e. The second-order valence-electron chi connectivity index (χ2n) is 7.43. The van der Waals surface area contributed by atoms with E-state index < -0.39 is 0 Å². The summed E-state index contributed by atoms with van der Waals surface area (Å²) in [6.07, 6.45) is 1.35. The predicted octanol–water partition coefficient (Wildman–Crippen LogP) is 4.39. The third-order valence-electron chi connectivity index (χ3n) is 5.35. The summed E-state index contributed by atoms with van der Waals surface area (Å²) in [5.41, 5.74) is 4.57. The molecule has 2 aromatic carbocycles. The van der Waals surface area contributed by atoms with E-state index in [4.69, 9.17) is 0 Å². The minimum Gasteiger partial charge on any atom is -0.322 e. The third kappa shape index (κ3) is 3.64. The summed E-state index contributed by atoms with van der Waals surface area (Å²) in [5.74, 6) is -0.573. The Morgan fingerprint density at radius 3 is 2.13 bits per heavy atom. The molecule has 2 heterocycles. The van der Waals surface area contributed by atoms with Gasteiger partial charge >= 0.3 is 0 Å². The number of hydrogen-bond acceptors (Lipinski definition) is 3. The number of imide groups is 1. The number of benzene rings is 2. The zero-order valence-corrected chi connectivity index (χ0v) is 17.0. The first-order chi connectivity index (χ1) is 14.5. The molecule has 1 aliphatic heterocycles. The van der Waals surface area contributed by atoms with Gasteiger partial charge in [0.1, 0.15) is 0 Å². The molecule has 6 nitrogen and oxygen atoms in total. The molecule has 0 saturated carbocycles. The lowest BCUT2D eigenvalue weighted by Gasteiger charge is -2.24. The topological polar surface area (TPSA) is 71.4 Å². The number of piperidine rings is 1. The lowest BCUT2D eigenvalue weighted by Crippen LogP contribution is -2.40. The van der Waals surface area contributed by atoms with E-state index in [0.29, 0.717) is 36.2 Å².